The Morgan fingerprint density at radius 1 is 1.18 bits per heavy atom. The molecule has 0 radical (unpaired) electrons. The van der Waals surface area contributed by atoms with Gasteiger partial charge in [-0.2, -0.15) is 13.2 Å². The van der Waals surface area contributed by atoms with Crippen molar-refractivity contribution in [1.29, 1.82) is 5.41 Å². The fourth-order valence-electron chi connectivity index (χ4n) is 2.75. The second-order valence-corrected chi connectivity index (χ2v) is 10.9. The molecule has 0 spiro atoms. The van der Waals surface area contributed by atoms with Crippen LogP contribution in [0.4, 0.5) is 13.2 Å². The van der Waals surface area contributed by atoms with E-state index in [-0.39, 0.29) is 26.2 Å². The smallest absolute Gasteiger partial charge is 0.420 e. The van der Waals surface area contributed by atoms with E-state index in [9.17, 15) is 26.4 Å². The van der Waals surface area contributed by atoms with Gasteiger partial charge in [0, 0.05) is 10.6 Å². The first kappa shape index (κ1) is 25.1. The highest BCUT2D eigenvalue weighted by Crippen LogP contribution is 2.40. The molecule has 3 aromatic rings. The molecule has 0 fully saturated rings. The average Bonchev–Trinajstić information content (AvgIpc) is 3.19. The first-order chi connectivity index (χ1) is 15.3. The van der Waals surface area contributed by atoms with Crippen molar-refractivity contribution in [2.75, 3.05) is 6.26 Å². The number of hydrogen-bond acceptors (Lipinski definition) is 7. The van der Waals surface area contributed by atoms with Crippen LogP contribution in [-0.2, 0) is 14.6 Å². The highest BCUT2D eigenvalue weighted by Gasteiger charge is 2.41. The zero-order valence-electron chi connectivity index (χ0n) is 16.6. The summed E-state index contributed by atoms with van der Waals surface area (Å²) >= 11 is 8.28. The SMILES string of the molecule is CSc1sc(C(=N)N)cc1S(=O)(=O)c1cc(OC(=O)C(F)(F)F)cc(-c2ccccc2Cl)c1. The molecule has 0 aliphatic rings. The number of carbonyl (C=O) groups is 1. The second kappa shape index (κ2) is 9.37. The van der Waals surface area contributed by atoms with Crippen molar-refractivity contribution in [3.8, 4) is 16.9 Å². The predicted octanol–water partition coefficient (Wildman–Crippen LogP) is 5.37. The first-order valence-electron chi connectivity index (χ1n) is 8.81. The van der Waals surface area contributed by atoms with E-state index in [1.807, 2.05) is 0 Å². The molecule has 0 saturated carbocycles. The number of thioether (sulfide) groups is 1. The third-order valence-electron chi connectivity index (χ3n) is 4.22. The number of carbonyl (C=O) groups excluding carboxylic acids is 1. The largest absolute Gasteiger partial charge is 0.491 e. The van der Waals surface area contributed by atoms with Crippen LogP contribution in [0.25, 0.3) is 11.1 Å². The maximum atomic E-state index is 13.4. The summed E-state index contributed by atoms with van der Waals surface area (Å²) in [5.74, 6) is -3.45. The minimum absolute atomic E-state index is 0.124. The van der Waals surface area contributed by atoms with E-state index in [1.54, 1.807) is 18.4 Å². The van der Waals surface area contributed by atoms with Crippen LogP contribution in [-0.4, -0.2) is 32.7 Å². The highest BCUT2D eigenvalue weighted by molar-refractivity contribution is 8.01. The molecule has 1 aromatic heterocycles. The van der Waals surface area contributed by atoms with Crippen molar-refractivity contribution in [3.05, 3.63) is 58.4 Å². The number of halogens is 4. The molecule has 0 bridgehead atoms. The van der Waals surface area contributed by atoms with Crippen molar-refractivity contribution >= 4 is 56.3 Å². The lowest BCUT2D eigenvalue weighted by Crippen LogP contribution is -2.28. The van der Waals surface area contributed by atoms with Gasteiger partial charge in [-0.05, 0) is 42.2 Å². The Morgan fingerprint density at radius 3 is 2.42 bits per heavy atom. The Morgan fingerprint density at radius 2 is 1.85 bits per heavy atom. The number of nitrogens with one attached hydrogen (secondary N) is 1. The van der Waals surface area contributed by atoms with Crippen LogP contribution >= 0.6 is 34.7 Å². The summed E-state index contributed by atoms with van der Waals surface area (Å²) in [6, 6.07) is 10.6. The molecule has 13 heteroatoms. The van der Waals surface area contributed by atoms with Crippen LogP contribution in [0.1, 0.15) is 4.88 Å². The van der Waals surface area contributed by atoms with E-state index < -0.39 is 32.6 Å². The van der Waals surface area contributed by atoms with Crippen LogP contribution < -0.4 is 10.5 Å². The monoisotopic (exact) mass is 534 g/mol. The lowest BCUT2D eigenvalue weighted by molar-refractivity contribution is -0.189. The molecule has 1 heterocycles. The number of ether oxygens (including phenoxy) is 1. The fraction of sp³-hybridized carbons (Fsp3) is 0.100. The highest BCUT2D eigenvalue weighted by atomic mass is 35.5. The topological polar surface area (TPSA) is 110 Å². The van der Waals surface area contributed by atoms with Gasteiger partial charge in [-0.25, -0.2) is 13.2 Å². The third kappa shape index (κ3) is 5.35. The Balaban J connectivity index is 2.23. The Kier molecular flexibility index (Phi) is 7.13. The predicted molar refractivity (Wildman–Crippen MR) is 121 cm³/mol. The summed E-state index contributed by atoms with van der Waals surface area (Å²) in [5, 5.41) is 7.78. The molecular formula is C20H14ClF3N2O4S3. The quantitative estimate of drug-likeness (QED) is 0.144. The summed E-state index contributed by atoms with van der Waals surface area (Å²) in [4.78, 5) is 11.0. The molecule has 6 nitrogen and oxygen atoms in total. The normalized spacial score (nSPS) is 11.9. The summed E-state index contributed by atoms with van der Waals surface area (Å²) < 4.78 is 69.9. The van der Waals surface area contributed by atoms with Crippen LogP contribution in [0.15, 0.2) is 62.5 Å². The van der Waals surface area contributed by atoms with Crippen molar-refractivity contribution in [3.63, 3.8) is 0 Å². The molecule has 3 rings (SSSR count). The minimum atomic E-state index is -5.28. The second-order valence-electron chi connectivity index (χ2n) is 6.44. The molecule has 33 heavy (non-hydrogen) atoms. The number of amidine groups is 1. The van der Waals surface area contributed by atoms with Crippen LogP contribution in [0.2, 0.25) is 5.02 Å². The molecule has 0 aliphatic carbocycles. The Hall–Kier alpha value is -2.54. The van der Waals surface area contributed by atoms with Gasteiger partial charge >= 0.3 is 12.1 Å². The molecule has 3 N–H and O–H groups in total. The van der Waals surface area contributed by atoms with Gasteiger partial charge in [0.2, 0.25) is 9.84 Å². The van der Waals surface area contributed by atoms with E-state index in [0.29, 0.717) is 9.77 Å². The van der Waals surface area contributed by atoms with Gasteiger partial charge in [0.05, 0.1) is 18.9 Å². The number of alkyl halides is 3. The summed E-state index contributed by atoms with van der Waals surface area (Å²) in [6.45, 7) is 0. The van der Waals surface area contributed by atoms with Gasteiger partial charge in [-0.1, -0.05) is 29.8 Å². The van der Waals surface area contributed by atoms with Crippen LogP contribution in [0.3, 0.4) is 0 Å². The first-order valence-corrected chi connectivity index (χ1v) is 12.7. The number of esters is 1. The number of nitrogens with two attached hydrogens (primary N) is 1. The van der Waals surface area contributed by atoms with E-state index in [0.717, 1.165) is 35.2 Å². The van der Waals surface area contributed by atoms with E-state index >= 15 is 0 Å². The lowest BCUT2D eigenvalue weighted by atomic mass is 10.1. The third-order valence-corrected chi connectivity index (χ3v) is 8.87. The number of hydrogen-bond donors (Lipinski definition) is 2. The van der Waals surface area contributed by atoms with E-state index in [2.05, 4.69) is 4.74 Å². The number of rotatable bonds is 6. The van der Waals surface area contributed by atoms with Crippen molar-refractivity contribution in [2.45, 2.75) is 20.2 Å². The number of nitrogen functional groups attached to an aromatic ring is 1. The summed E-state index contributed by atoms with van der Waals surface area (Å²) in [7, 11) is -4.31. The molecule has 0 amide bonds. The maximum absolute atomic E-state index is 13.4. The van der Waals surface area contributed by atoms with Crippen LogP contribution in [0.5, 0.6) is 5.75 Å². The minimum Gasteiger partial charge on any atom is -0.420 e. The average molecular weight is 535 g/mol. The molecule has 0 unspecified atom stereocenters. The zero-order chi connectivity index (χ0) is 24.6. The zero-order valence-corrected chi connectivity index (χ0v) is 19.8. The molecule has 2 aromatic carbocycles. The van der Waals surface area contributed by atoms with Crippen molar-refractivity contribution in [2.24, 2.45) is 5.73 Å². The van der Waals surface area contributed by atoms with Gasteiger partial charge in [0.1, 0.15) is 11.6 Å². The number of thiophene rings is 1. The van der Waals surface area contributed by atoms with Gasteiger partial charge in [0.25, 0.3) is 0 Å². The molecule has 0 saturated heterocycles. The number of benzene rings is 2. The van der Waals surface area contributed by atoms with E-state index in [4.69, 9.17) is 22.7 Å². The lowest BCUT2D eigenvalue weighted by Gasteiger charge is -2.13. The van der Waals surface area contributed by atoms with Crippen LogP contribution in [0, 0.1) is 5.41 Å². The van der Waals surface area contributed by atoms with Crippen molar-refractivity contribution < 1.29 is 31.1 Å². The fourth-order valence-corrected chi connectivity index (χ4v) is 6.91. The molecule has 0 atom stereocenters. The molecular weight excluding hydrogens is 521 g/mol. The Bertz CT molecular complexity index is 1350. The summed E-state index contributed by atoms with van der Waals surface area (Å²) in [5.41, 5.74) is 5.92. The molecule has 0 aliphatic heterocycles. The standard InChI is InChI=1S/C20H14ClF3N2O4S3/c1-31-18-16(9-15(32-18)17(25)26)33(28,29)12-7-10(13-4-2-3-5-14(13)21)6-11(8-12)30-19(27)20(22,23)24/h2-9H,1H3,(H3,25,26). The maximum Gasteiger partial charge on any atom is 0.491 e. The van der Waals surface area contributed by atoms with Gasteiger partial charge in [-0.3, -0.25) is 5.41 Å². The van der Waals surface area contributed by atoms with E-state index in [1.165, 1.54) is 24.3 Å². The van der Waals surface area contributed by atoms with Crippen molar-refractivity contribution in [1.82, 2.24) is 0 Å². The Labute approximate surface area is 199 Å². The molecule has 174 valence electrons. The van der Waals surface area contributed by atoms with Gasteiger partial charge in [0.15, 0.2) is 0 Å². The van der Waals surface area contributed by atoms with Gasteiger partial charge < -0.3 is 10.5 Å². The van der Waals surface area contributed by atoms with Gasteiger partial charge in [-0.15, -0.1) is 23.1 Å². The summed E-state index contributed by atoms with van der Waals surface area (Å²) in [6.07, 6.45) is -3.65. The number of sulfone groups is 1.